The third-order valence-electron chi connectivity index (χ3n) is 4.43. The van der Waals surface area contributed by atoms with E-state index in [1.807, 2.05) is 30.3 Å². The Kier molecular flexibility index (Phi) is 4.23. The van der Waals surface area contributed by atoms with E-state index in [9.17, 15) is 4.39 Å². The zero-order valence-electron chi connectivity index (χ0n) is 13.6. The Balaban J connectivity index is 1.36. The van der Waals surface area contributed by atoms with Gasteiger partial charge in [0, 0.05) is 37.6 Å². The number of hydrogen-bond donors (Lipinski definition) is 2. The molecule has 1 aliphatic heterocycles. The highest BCUT2D eigenvalue weighted by atomic mass is 32.1. The molecule has 0 atom stereocenters. The van der Waals surface area contributed by atoms with Crippen molar-refractivity contribution < 1.29 is 4.39 Å². The van der Waals surface area contributed by atoms with Gasteiger partial charge >= 0.3 is 0 Å². The second kappa shape index (κ2) is 6.68. The van der Waals surface area contributed by atoms with Crippen LogP contribution in [0.4, 0.5) is 15.8 Å². The average Bonchev–Trinajstić information content (AvgIpc) is 3.10. The van der Waals surface area contributed by atoms with Crippen LogP contribution in [0.2, 0.25) is 0 Å². The van der Waals surface area contributed by atoms with Crippen LogP contribution in [0.5, 0.6) is 0 Å². The number of rotatable bonds is 2. The topological polar surface area (TPSA) is 47.2 Å². The minimum Gasteiger partial charge on any atom is -0.368 e. The van der Waals surface area contributed by atoms with Crippen LogP contribution in [0.25, 0.3) is 11.0 Å². The number of nitrogens with zero attached hydrogens (tertiary/aromatic N) is 3. The molecule has 0 bridgehead atoms. The Labute approximate surface area is 150 Å². The van der Waals surface area contributed by atoms with E-state index in [2.05, 4.69) is 25.1 Å². The van der Waals surface area contributed by atoms with Crippen molar-refractivity contribution in [1.29, 1.82) is 0 Å². The maximum atomic E-state index is 13.0. The first-order valence-electron chi connectivity index (χ1n) is 8.19. The fourth-order valence-corrected chi connectivity index (χ4v) is 3.33. The van der Waals surface area contributed by atoms with Gasteiger partial charge in [0.2, 0.25) is 0 Å². The maximum absolute atomic E-state index is 13.0. The Morgan fingerprint density at radius 3 is 2.60 bits per heavy atom. The summed E-state index contributed by atoms with van der Waals surface area (Å²) in [7, 11) is 0. The van der Waals surface area contributed by atoms with E-state index in [0.29, 0.717) is 5.11 Å². The Bertz CT molecular complexity index is 884. The number of anilines is 2. The predicted molar refractivity (Wildman–Crippen MR) is 103 cm³/mol. The number of imidazole rings is 1. The SMILES string of the molecule is Fc1ccc(N2CCN(C(=S)Nc3ccc4[nH]cnc4c3)CC2)cc1. The monoisotopic (exact) mass is 355 g/mol. The molecule has 1 aliphatic rings. The number of aromatic amines is 1. The number of benzene rings is 2. The molecule has 1 saturated heterocycles. The van der Waals surface area contributed by atoms with Gasteiger partial charge in [0.15, 0.2) is 5.11 Å². The van der Waals surface area contributed by atoms with Gasteiger partial charge in [-0.05, 0) is 54.7 Å². The Morgan fingerprint density at radius 2 is 1.84 bits per heavy atom. The summed E-state index contributed by atoms with van der Waals surface area (Å²) in [5.74, 6) is -0.207. The zero-order chi connectivity index (χ0) is 17.2. The first-order valence-corrected chi connectivity index (χ1v) is 8.59. The maximum Gasteiger partial charge on any atom is 0.173 e. The standard InChI is InChI=1S/C18H18FN5S/c19-13-1-4-15(5-2-13)23-7-9-24(10-8-23)18(25)22-14-3-6-16-17(11-14)21-12-20-16/h1-6,11-12H,7-10H2,(H,20,21)(H,22,25). The van der Waals surface area contributed by atoms with Crippen LogP contribution in [-0.2, 0) is 0 Å². The van der Waals surface area contributed by atoms with Crippen LogP contribution in [0, 0.1) is 5.82 Å². The second-order valence-corrected chi connectivity index (χ2v) is 6.40. The lowest BCUT2D eigenvalue weighted by atomic mass is 10.2. The van der Waals surface area contributed by atoms with Crippen LogP contribution in [0.1, 0.15) is 0 Å². The summed E-state index contributed by atoms with van der Waals surface area (Å²) in [6.45, 7) is 3.36. The summed E-state index contributed by atoms with van der Waals surface area (Å²) in [5.41, 5.74) is 3.90. The van der Waals surface area contributed by atoms with E-state index in [1.54, 1.807) is 6.33 Å². The van der Waals surface area contributed by atoms with Crippen LogP contribution < -0.4 is 10.2 Å². The number of nitrogens with one attached hydrogen (secondary N) is 2. The van der Waals surface area contributed by atoms with Crippen molar-refractivity contribution in [3.05, 3.63) is 54.6 Å². The van der Waals surface area contributed by atoms with E-state index < -0.39 is 0 Å². The second-order valence-electron chi connectivity index (χ2n) is 6.02. The number of fused-ring (bicyclic) bond motifs is 1. The van der Waals surface area contributed by atoms with E-state index in [-0.39, 0.29) is 5.82 Å². The van der Waals surface area contributed by atoms with E-state index in [4.69, 9.17) is 12.2 Å². The van der Waals surface area contributed by atoms with E-state index in [0.717, 1.165) is 48.6 Å². The number of hydrogen-bond acceptors (Lipinski definition) is 3. The largest absolute Gasteiger partial charge is 0.368 e. The third-order valence-corrected chi connectivity index (χ3v) is 4.79. The summed E-state index contributed by atoms with van der Waals surface area (Å²) in [6, 6.07) is 12.6. The molecule has 128 valence electrons. The number of thiocarbonyl (C=S) groups is 1. The lowest BCUT2D eigenvalue weighted by Gasteiger charge is -2.37. The molecule has 1 fully saturated rings. The zero-order valence-corrected chi connectivity index (χ0v) is 14.4. The van der Waals surface area contributed by atoms with Crippen molar-refractivity contribution in [2.45, 2.75) is 0 Å². The van der Waals surface area contributed by atoms with Gasteiger partial charge in [-0.3, -0.25) is 0 Å². The summed E-state index contributed by atoms with van der Waals surface area (Å²) in [6.07, 6.45) is 1.68. The molecule has 1 aromatic heterocycles. The summed E-state index contributed by atoms with van der Waals surface area (Å²) >= 11 is 5.55. The van der Waals surface area contributed by atoms with Crippen molar-refractivity contribution in [1.82, 2.24) is 14.9 Å². The molecular formula is C18H18FN5S. The van der Waals surface area contributed by atoms with Crippen LogP contribution in [0.3, 0.4) is 0 Å². The molecule has 25 heavy (non-hydrogen) atoms. The van der Waals surface area contributed by atoms with Crippen molar-refractivity contribution >= 4 is 39.7 Å². The number of H-pyrrole nitrogens is 1. The Morgan fingerprint density at radius 1 is 1.08 bits per heavy atom. The van der Waals surface area contributed by atoms with Crippen molar-refractivity contribution in [3.8, 4) is 0 Å². The molecule has 0 amide bonds. The first kappa shape index (κ1) is 15.8. The van der Waals surface area contributed by atoms with Gasteiger partial charge in [0.1, 0.15) is 5.82 Å². The highest BCUT2D eigenvalue weighted by molar-refractivity contribution is 7.80. The smallest absolute Gasteiger partial charge is 0.173 e. The summed E-state index contributed by atoms with van der Waals surface area (Å²) in [5, 5.41) is 4.01. The molecule has 4 rings (SSSR count). The number of aromatic nitrogens is 2. The van der Waals surface area contributed by atoms with Crippen LogP contribution in [0.15, 0.2) is 48.8 Å². The summed E-state index contributed by atoms with van der Waals surface area (Å²) in [4.78, 5) is 11.7. The van der Waals surface area contributed by atoms with Crippen molar-refractivity contribution in [2.75, 3.05) is 36.4 Å². The predicted octanol–water partition coefficient (Wildman–Crippen LogP) is 3.22. The van der Waals surface area contributed by atoms with E-state index >= 15 is 0 Å². The molecule has 0 unspecified atom stereocenters. The molecule has 0 aliphatic carbocycles. The van der Waals surface area contributed by atoms with Crippen molar-refractivity contribution in [3.63, 3.8) is 0 Å². The highest BCUT2D eigenvalue weighted by Crippen LogP contribution is 2.19. The molecule has 2 aromatic carbocycles. The summed E-state index contributed by atoms with van der Waals surface area (Å²) < 4.78 is 13.0. The third kappa shape index (κ3) is 3.41. The molecule has 0 spiro atoms. The normalized spacial score (nSPS) is 14.8. The van der Waals surface area contributed by atoms with Gasteiger partial charge in [-0.15, -0.1) is 0 Å². The van der Waals surface area contributed by atoms with Crippen molar-refractivity contribution in [2.24, 2.45) is 0 Å². The fourth-order valence-electron chi connectivity index (χ4n) is 3.03. The van der Waals surface area contributed by atoms with Gasteiger partial charge in [0.05, 0.1) is 17.4 Å². The van der Waals surface area contributed by atoms with E-state index in [1.165, 1.54) is 12.1 Å². The number of piperazine rings is 1. The molecule has 0 radical (unpaired) electrons. The highest BCUT2D eigenvalue weighted by Gasteiger charge is 2.19. The van der Waals surface area contributed by atoms with Gasteiger partial charge < -0.3 is 20.1 Å². The molecule has 5 nitrogen and oxygen atoms in total. The molecule has 2 N–H and O–H groups in total. The van der Waals surface area contributed by atoms with Gasteiger partial charge in [-0.25, -0.2) is 9.37 Å². The lowest BCUT2D eigenvalue weighted by molar-refractivity contribution is 0.391. The Hall–Kier alpha value is -2.67. The van der Waals surface area contributed by atoms with Gasteiger partial charge in [-0.1, -0.05) is 0 Å². The average molecular weight is 355 g/mol. The molecule has 0 saturated carbocycles. The van der Waals surface area contributed by atoms with Gasteiger partial charge in [-0.2, -0.15) is 0 Å². The number of halogens is 1. The molecule has 3 aromatic rings. The van der Waals surface area contributed by atoms with Gasteiger partial charge in [0.25, 0.3) is 0 Å². The minimum absolute atomic E-state index is 0.207. The minimum atomic E-state index is -0.207. The quantitative estimate of drug-likeness (QED) is 0.691. The molecular weight excluding hydrogens is 337 g/mol. The van der Waals surface area contributed by atoms with Crippen LogP contribution >= 0.6 is 12.2 Å². The molecule has 2 heterocycles. The lowest BCUT2D eigenvalue weighted by Crippen LogP contribution is -2.50. The van der Waals surface area contributed by atoms with Crippen LogP contribution in [-0.4, -0.2) is 46.2 Å². The first-order chi connectivity index (χ1) is 12.2. The fraction of sp³-hybridized carbons (Fsp3) is 0.222. The molecule has 7 heteroatoms.